The molecular formula is C15H23N5O2S. The van der Waals surface area contributed by atoms with E-state index in [9.17, 15) is 9.90 Å². The molecule has 0 aromatic carbocycles. The maximum Gasteiger partial charge on any atom is 0.275 e. The molecule has 3 heterocycles. The van der Waals surface area contributed by atoms with Crippen molar-refractivity contribution in [2.45, 2.75) is 32.8 Å². The molecule has 1 aliphatic heterocycles. The lowest BCUT2D eigenvalue weighted by atomic mass is 10.2. The van der Waals surface area contributed by atoms with Crippen LogP contribution in [0.5, 0.6) is 0 Å². The summed E-state index contributed by atoms with van der Waals surface area (Å²) in [5.74, 6) is 0. The van der Waals surface area contributed by atoms with Gasteiger partial charge < -0.3 is 10.0 Å². The number of fused-ring (bicyclic) bond motifs is 1. The number of hydrogen-bond donors (Lipinski definition) is 1. The molecule has 2 aromatic rings. The van der Waals surface area contributed by atoms with Crippen LogP contribution in [0.15, 0.2) is 10.9 Å². The van der Waals surface area contributed by atoms with Crippen molar-refractivity contribution in [3.05, 3.63) is 22.1 Å². The van der Waals surface area contributed by atoms with Gasteiger partial charge in [-0.2, -0.15) is 4.52 Å². The molecule has 0 bridgehead atoms. The molecule has 1 N–H and O–H groups in total. The summed E-state index contributed by atoms with van der Waals surface area (Å²) in [6, 6.07) is 1.56. The fourth-order valence-electron chi connectivity index (χ4n) is 2.70. The predicted molar refractivity (Wildman–Crippen MR) is 91.5 cm³/mol. The van der Waals surface area contributed by atoms with Crippen molar-refractivity contribution in [3.63, 3.8) is 0 Å². The Bertz CT molecular complexity index is 720. The Labute approximate surface area is 139 Å². The van der Waals surface area contributed by atoms with E-state index in [1.807, 2.05) is 13.8 Å². The highest BCUT2D eigenvalue weighted by Gasteiger charge is 2.21. The van der Waals surface area contributed by atoms with Gasteiger partial charge in [-0.25, -0.2) is 4.98 Å². The third-order valence-corrected chi connectivity index (χ3v) is 5.20. The Hall–Kier alpha value is -1.51. The Morgan fingerprint density at radius 2 is 2.04 bits per heavy atom. The molecule has 3 rings (SSSR count). The molecule has 23 heavy (non-hydrogen) atoms. The molecule has 2 aromatic heterocycles. The summed E-state index contributed by atoms with van der Waals surface area (Å²) in [5, 5.41) is 15.0. The Morgan fingerprint density at radius 3 is 2.70 bits per heavy atom. The third kappa shape index (κ3) is 3.54. The summed E-state index contributed by atoms with van der Waals surface area (Å²) >= 11 is 1.47. The van der Waals surface area contributed by atoms with E-state index in [0.717, 1.165) is 56.4 Å². The van der Waals surface area contributed by atoms with Crippen molar-refractivity contribution in [2.75, 3.05) is 37.6 Å². The van der Waals surface area contributed by atoms with Gasteiger partial charge in [-0.05, 0) is 12.8 Å². The first-order chi connectivity index (χ1) is 11.1. The lowest BCUT2D eigenvalue weighted by Crippen LogP contribution is -2.48. The van der Waals surface area contributed by atoms with Crippen LogP contribution < -0.4 is 10.5 Å². The molecule has 126 valence electrons. The van der Waals surface area contributed by atoms with E-state index >= 15 is 0 Å². The van der Waals surface area contributed by atoms with E-state index in [-0.39, 0.29) is 11.7 Å². The second kappa shape index (κ2) is 6.94. The molecule has 1 fully saturated rings. The van der Waals surface area contributed by atoms with Gasteiger partial charge in [0.2, 0.25) is 10.1 Å². The van der Waals surface area contributed by atoms with Gasteiger partial charge in [0, 0.05) is 44.5 Å². The van der Waals surface area contributed by atoms with Gasteiger partial charge in [0.25, 0.3) is 5.56 Å². The quantitative estimate of drug-likeness (QED) is 0.862. The van der Waals surface area contributed by atoms with Crippen LogP contribution in [0.2, 0.25) is 0 Å². The van der Waals surface area contributed by atoms with Crippen LogP contribution in [0.25, 0.3) is 4.96 Å². The summed E-state index contributed by atoms with van der Waals surface area (Å²) in [6.45, 7) is 8.22. The van der Waals surface area contributed by atoms with Crippen molar-refractivity contribution in [1.82, 2.24) is 19.5 Å². The van der Waals surface area contributed by atoms with Gasteiger partial charge in [-0.1, -0.05) is 25.2 Å². The van der Waals surface area contributed by atoms with Crippen LogP contribution in [-0.4, -0.2) is 63.4 Å². The van der Waals surface area contributed by atoms with Gasteiger partial charge in [0.15, 0.2) is 0 Å². The van der Waals surface area contributed by atoms with Crippen molar-refractivity contribution < 1.29 is 5.11 Å². The zero-order chi connectivity index (χ0) is 16.4. The predicted octanol–water partition coefficient (Wildman–Crippen LogP) is 0.606. The van der Waals surface area contributed by atoms with Crippen molar-refractivity contribution in [2.24, 2.45) is 0 Å². The van der Waals surface area contributed by atoms with Crippen molar-refractivity contribution in [1.29, 1.82) is 0 Å². The Kier molecular flexibility index (Phi) is 4.93. The molecule has 1 atom stereocenters. The lowest BCUT2D eigenvalue weighted by molar-refractivity contribution is 0.106. The maximum absolute atomic E-state index is 12.1. The molecule has 1 saturated heterocycles. The molecule has 0 saturated carbocycles. The fourth-order valence-corrected chi connectivity index (χ4v) is 3.68. The van der Waals surface area contributed by atoms with Crippen LogP contribution in [0.3, 0.4) is 0 Å². The molecule has 1 aliphatic rings. The minimum absolute atomic E-state index is 0.112. The molecular weight excluding hydrogens is 314 g/mol. The molecule has 7 nitrogen and oxygen atoms in total. The maximum atomic E-state index is 12.1. The SMILES string of the molecule is CCc1cc(=O)n2nc(N3CCN(CC(O)CC)CC3)sc2n1. The van der Waals surface area contributed by atoms with E-state index in [1.165, 1.54) is 15.9 Å². The monoisotopic (exact) mass is 337 g/mol. The minimum Gasteiger partial charge on any atom is -0.392 e. The zero-order valence-corrected chi connectivity index (χ0v) is 14.4. The van der Waals surface area contributed by atoms with Crippen LogP contribution in [0, 0.1) is 0 Å². The number of aliphatic hydroxyl groups is 1. The van der Waals surface area contributed by atoms with Crippen LogP contribution in [0.1, 0.15) is 26.0 Å². The van der Waals surface area contributed by atoms with Crippen LogP contribution >= 0.6 is 11.3 Å². The molecule has 0 amide bonds. The largest absolute Gasteiger partial charge is 0.392 e. The van der Waals surface area contributed by atoms with E-state index in [0.29, 0.717) is 4.96 Å². The lowest BCUT2D eigenvalue weighted by Gasteiger charge is -2.35. The van der Waals surface area contributed by atoms with Crippen LogP contribution in [-0.2, 0) is 6.42 Å². The number of aromatic nitrogens is 3. The third-order valence-electron chi connectivity index (χ3n) is 4.23. The van der Waals surface area contributed by atoms with E-state index in [2.05, 4.69) is 19.9 Å². The molecule has 0 spiro atoms. The van der Waals surface area contributed by atoms with Gasteiger partial charge in [0.1, 0.15) is 0 Å². The van der Waals surface area contributed by atoms with Crippen molar-refractivity contribution >= 4 is 21.4 Å². The first-order valence-corrected chi connectivity index (χ1v) is 8.97. The molecule has 0 radical (unpaired) electrons. The van der Waals surface area contributed by atoms with Crippen LogP contribution in [0.4, 0.5) is 5.13 Å². The number of hydrogen-bond acceptors (Lipinski definition) is 7. The summed E-state index contributed by atoms with van der Waals surface area (Å²) in [7, 11) is 0. The Morgan fingerprint density at radius 1 is 1.30 bits per heavy atom. The number of aryl methyl sites for hydroxylation is 1. The minimum atomic E-state index is -0.251. The standard InChI is InChI=1S/C15H23N5O2S/c1-3-11-9-13(22)20-14(16-11)23-15(17-20)19-7-5-18(6-8-19)10-12(21)4-2/h9,12,21H,3-8,10H2,1-2H3. The highest BCUT2D eigenvalue weighted by Crippen LogP contribution is 2.22. The smallest absolute Gasteiger partial charge is 0.275 e. The van der Waals surface area contributed by atoms with Gasteiger partial charge in [0.05, 0.1) is 6.10 Å². The van der Waals surface area contributed by atoms with Gasteiger partial charge in [-0.3, -0.25) is 9.69 Å². The van der Waals surface area contributed by atoms with E-state index in [1.54, 1.807) is 6.07 Å². The summed E-state index contributed by atoms with van der Waals surface area (Å²) < 4.78 is 1.40. The van der Waals surface area contributed by atoms with Gasteiger partial charge in [-0.15, -0.1) is 5.10 Å². The number of β-amino-alcohol motifs (C(OH)–C–C–N with tert-alkyl or cyclic N) is 1. The normalized spacial score (nSPS) is 17.8. The second-order valence-electron chi connectivity index (χ2n) is 5.87. The molecule has 0 aliphatic carbocycles. The summed E-state index contributed by atoms with van der Waals surface area (Å²) in [4.78, 5) is 21.7. The average molecular weight is 337 g/mol. The number of aliphatic hydroxyl groups excluding tert-OH is 1. The highest BCUT2D eigenvalue weighted by molar-refractivity contribution is 7.20. The first kappa shape index (κ1) is 16.4. The summed E-state index contributed by atoms with van der Waals surface area (Å²) in [5.41, 5.74) is 0.697. The number of anilines is 1. The zero-order valence-electron chi connectivity index (χ0n) is 13.6. The fraction of sp³-hybridized carbons (Fsp3) is 0.667. The summed E-state index contributed by atoms with van der Waals surface area (Å²) in [6.07, 6.45) is 1.28. The topological polar surface area (TPSA) is 74.0 Å². The average Bonchev–Trinajstić information content (AvgIpc) is 3.00. The van der Waals surface area contributed by atoms with E-state index in [4.69, 9.17) is 0 Å². The highest BCUT2D eigenvalue weighted by atomic mass is 32.1. The van der Waals surface area contributed by atoms with Crippen molar-refractivity contribution in [3.8, 4) is 0 Å². The van der Waals surface area contributed by atoms with E-state index < -0.39 is 0 Å². The Balaban J connectivity index is 1.72. The molecule has 1 unspecified atom stereocenters. The number of piperazine rings is 1. The first-order valence-electron chi connectivity index (χ1n) is 8.15. The molecule has 8 heteroatoms. The number of nitrogens with zero attached hydrogens (tertiary/aromatic N) is 5. The van der Waals surface area contributed by atoms with Gasteiger partial charge >= 0.3 is 0 Å². The second-order valence-corrected chi connectivity index (χ2v) is 6.80. The number of rotatable bonds is 5.